The fourth-order valence-corrected chi connectivity index (χ4v) is 8.02. The predicted molar refractivity (Wildman–Crippen MR) is 307 cm³/mol. The molecular formula is C65H110O6. The third kappa shape index (κ3) is 57.1. The molecule has 0 aliphatic rings. The predicted octanol–water partition coefficient (Wildman–Crippen LogP) is 20.1. The second-order valence-electron chi connectivity index (χ2n) is 19.5. The van der Waals surface area contributed by atoms with Crippen molar-refractivity contribution < 1.29 is 28.6 Å². The molecule has 0 heterocycles. The topological polar surface area (TPSA) is 78.9 Å². The minimum Gasteiger partial charge on any atom is -0.462 e. The Kier molecular flexibility index (Phi) is 55.9. The third-order valence-corrected chi connectivity index (χ3v) is 12.5. The molecule has 0 spiro atoms. The molecule has 0 amide bonds. The average molecular weight is 988 g/mol. The van der Waals surface area contributed by atoms with Crippen LogP contribution in [0.25, 0.3) is 0 Å². The Balaban J connectivity index is 4.51. The Bertz CT molecular complexity index is 1410. The van der Waals surface area contributed by atoms with Crippen LogP contribution in [-0.4, -0.2) is 37.2 Å². The van der Waals surface area contributed by atoms with E-state index in [-0.39, 0.29) is 37.5 Å². The first-order valence-corrected chi connectivity index (χ1v) is 29.7. The van der Waals surface area contributed by atoms with Gasteiger partial charge in [-0.15, -0.1) is 0 Å². The summed E-state index contributed by atoms with van der Waals surface area (Å²) in [6.07, 6.45) is 78.3. The number of ether oxygens (including phenoxy) is 3. The zero-order chi connectivity index (χ0) is 51.4. The van der Waals surface area contributed by atoms with Gasteiger partial charge in [-0.1, -0.05) is 234 Å². The van der Waals surface area contributed by atoms with Gasteiger partial charge < -0.3 is 14.2 Å². The second kappa shape index (κ2) is 58.9. The summed E-state index contributed by atoms with van der Waals surface area (Å²) in [7, 11) is 0. The van der Waals surface area contributed by atoms with Gasteiger partial charge in [-0.2, -0.15) is 0 Å². The summed E-state index contributed by atoms with van der Waals surface area (Å²) >= 11 is 0. The van der Waals surface area contributed by atoms with Crippen molar-refractivity contribution in [2.75, 3.05) is 13.2 Å². The fraction of sp³-hybridized carbons (Fsp3) is 0.708. The van der Waals surface area contributed by atoms with E-state index in [0.29, 0.717) is 19.3 Å². The number of hydrogen-bond acceptors (Lipinski definition) is 6. The third-order valence-electron chi connectivity index (χ3n) is 12.5. The maximum atomic E-state index is 12.8. The van der Waals surface area contributed by atoms with Gasteiger partial charge in [-0.3, -0.25) is 14.4 Å². The molecule has 6 heteroatoms. The highest BCUT2D eigenvalue weighted by Gasteiger charge is 2.19. The highest BCUT2D eigenvalue weighted by atomic mass is 16.6. The van der Waals surface area contributed by atoms with Gasteiger partial charge in [0.1, 0.15) is 13.2 Å². The fourth-order valence-electron chi connectivity index (χ4n) is 8.02. The van der Waals surface area contributed by atoms with Crippen LogP contribution in [0.5, 0.6) is 0 Å². The van der Waals surface area contributed by atoms with Crippen molar-refractivity contribution in [3.63, 3.8) is 0 Å². The van der Waals surface area contributed by atoms with E-state index >= 15 is 0 Å². The lowest BCUT2D eigenvalue weighted by molar-refractivity contribution is -0.167. The summed E-state index contributed by atoms with van der Waals surface area (Å²) in [4.78, 5) is 38.2. The molecule has 0 aromatic rings. The van der Waals surface area contributed by atoms with E-state index < -0.39 is 6.10 Å². The lowest BCUT2D eigenvalue weighted by atomic mass is 10.1. The van der Waals surface area contributed by atoms with Gasteiger partial charge in [0.05, 0.1) is 0 Å². The minimum atomic E-state index is -0.819. The monoisotopic (exact) mass is 987 g/mol. The van der Waals surface area contributed by atoms with Gasteiger partial charge in [0.15, 0.2) is 6.10 Å². The molecule has 0 N–H and O–H groups in total. The molecule has 406 valence electrons. The Morgan fingerprint density at radius 2 is 0.521 bits per heavy atom. The van der Waals surface area contributed by atoms with Crippen molar-refractivity contribution in [3.05, 3.63) is 97.2 Å². The van der Waals surface area contributed by atoms with Crippen molar-refractivity contribution >= 4 is 17.9 Å². The smallest absolute Gasteiger partial charge is 0.306 e. The number of rotatable bonds is 53. The van der Waals surface area contributed by atoms with Crippen molar-refractivity contribution in [1.29, 1.82) is 0 Å². The molecule has 0 rings (SSSR count). The van der Waals surface area contributed by atoms with Crippen molar-refractivity contribution in [1.82, 2.24) is 0 Å². The number of esters is 3. The number of hydrogen-bond donors (Lipinski definition) is 0. The molecular weight excluding hydrogens is 877 g/mol. The first-order chi connectivity index (χ1) is 35.0. The Hall–Kier alpha value is -3.67. The van der Waals surface area contributed by atoms with Crippen LogP contribution in [0.4, 0.5) is 0 Å². The van der Waals surface area contributed by atoms with Gasteiger partial charge in [0.25, 0.3) is 0 Å². The molecule has 0 saturated carbocycles. The van der Waals surface area contributed by atoms with E-state index in [4.69, 9.17) is 14.2 Å². The molecule has 1 atom stereocenters. The summed E-state index contributed by atoms with van der Waals surface area (Å²) in [6.45, 7) is 6.53. The van der Waals surface area contributed by atoms with Crippen LogP contribution in [0.15, 0.2) is 97.2 Å². The molecule has 71 heavy (non-hydrogen) atoms. The maximum Gasteiger partial charge on any atom is 0.306 e. The van der Waals surface area contributed by atoms with Crippen LogP contribution in [0, 0.1) is 0 Å². The van der Waals surface area contributed by atoms with E-state index in [1.165, 1.54) is 141 Å². The first-order valence-electron chi connectivity index (χ1n) is 29.7. The molecule has 0 aliphatic carbocycles. The minimum absolute atomic E-state index is 0.109. The number of allylic oxidation sites excluding steroid dienone is 16. The lowest BCUT2D eigenvalue weighted by Gasteiger charge is -2.18. The summed E-state index contributed by atoms with van der Waals surface area (Å²) < 4.78 is 16.8. The van der Waals surface area contributed by atoms with Crippen LogP contribution in [-0.2, 0) is 28.6 Å². The van der Waals surface area contributed by atoms with Crippen molar-refractivity contribution in [2.45, 2.75) is 284 Å². The summed E-state index contributed by atoms with van der Waals surface area (Å²) in [5, 5.41) is 0. The Labute approximate surface area is 438 Å². The second-order valence-corrected chi connectivity index (χ2v) is 19.5. The molecule has 0 radical (unpaired) electrons. The maximum absolute atomic E-state index is 12.8. The molecule has 0 aromatic carbocycles. The molecule has 0 aromatic heterocycles. The van der Waals surface area contributed by atoms with Crippen LogP contribution in [0.2, 0.25) is 0 Å². The van der Waals surface area contributed by atoms with Crippen LogP contribution in [0.1, 0.15) is 278 Å². The van der Waals surface area contributed by atoms with Gasteiger partial charge in [0, 0.05) is 19.3 Å². The summed E-state index contributed by atoms with van der Waals surface area (Å²) in [6, 6.07) is 0. The van der Waals surface area contributed by atoms with Crippen LogP contribution < -0.4 is 0 Å². The summed E-state index contributed by atoms with van der Waals surface area (Å²) in [5.41, 5.74) is 0. The molecule has 0 aliphatic heterocycles. The van der Waals surface area contributed by atoms with E-state index in [2.05, 4.69) is 118 Å². The first kappa shape index (κ1) is 67.3. The largest absolute Gasteiger partial charge is 0.462 e. The Morgan fingerprint density at radius 3 is 0.873 bits per heavy atom. The SMILES string of the molecule is CCCCC/C=C\C/C=C\C/C=C\C/C=C\CCCC(=O)O[C@H](COC(=O)CCCCCC/C=C\C/C=C\C/C=C\CCCCC)COC(=O)CCCCCCCCC/C=C\CCCCCCCCCC. The van der Waals surface area contributed by atoms with Crippen molar-refractivity contribution in [2.24, 2.45) is 0 Å². The Morgan fingerprint density at radius 1 is 0.282 bits per heavy atom. The molecule has 0 bridgehead atoms. The number of unbranched alkanes of at least 4 members (excludes halogenated alkanes) is 26. The standard InChI is InChI=1S/C65H110O6/c1-4-7-10-13-16-19-22-25-28-31-32-35-37-40-43-46-49-52-55-58-64(67)70-61-62(71-65(68)59-56-53-50-47-44-41-38-34-30-27-24-21-18-15-12-9-6-3)60-69-63(66)57-54-51-48-45-42-39-36-33-29-26-23-20-17-14-11-8-5-2/h17-18,20-21,26-27,29-32,36,38-39,41,47,50,62H,4-16,19,22-25,28,33-35,37,40,42-46,48-49,51-61H2,1-3H3/b20-17-,21-18-,29-26-,30-27-,32-31-,39-36-,41-38-,50-47-/t62-/m1/s1. The van der Waals surface area contributed by atoms with Crippen LogP contribution in [0.3, 0.4) is 0 Å². The number of carbonyl (C=O) groups is 3. The normalized spacial score (nSPS) is 12.8. The lowest BCUT2D eigenvalue weighted by Crippen LogP contribution is -2.30. The van der Waals surface area contributed by atoms with Gasteiger partial charge in [0.2, 0.25) is 0 Å². The molecule has 0 saturated heterocycles. The van der Waals surface area contributed by atoms with Gasteiger partial charge >= 0.3 is 17.9 Å². The molecule has 0 fully saturated rings. The quantitative estimate of drug-likeness (QED) is 0.0261. The molecule has 0 unspecified atom stereocenters. The van der Waals surface area contributed by atoms with Gasteiger partial charge in [-0.25, -0.2) is 0 Å². The summed E-state index contributed by atoms with van der Waals surface area (Å²) in [5.74, 6) is -0.988. The highest BCUT2D eigenvalue weighted by molar-refractivity contribution is 5.71. The van der Waals surface area contributed by atoms with Gasteiger partial charge in [-0.05, 0) is 122 Å². The van der Waals surface area contributed by atoms with E-state index in [1.54, 1.807) is 0 Å². The number of carbonyl (C=O) groups excluding carboxylic acids is 3. The van der Waals surface area contributed by atoms with Crippen LogP contribution >= 0.6 is 0 Å². The molecule has 6 nitrogen and oxygen atoms in total. The van der Waals surface area contributed by atoms with E-state index in [0.717, 1.165) is 89.9 Å². The van der Waals surface area contributed by atoms with E-state index in [1.807, 2.05) is 0 Å². The zero-order valence-corrected chi connectivity index (χ0v) is 46.5. The average Bonchev–Trinajstić information content (AvgIpc) is 3.37. The zero-order valence-electron chi connectivity index (χ0n) is 46.5. The van der Waals surface area contributed by atoms with Crippen molar-refractivity contribution in [3.8, 4) is 0 Å². The van der Waals surface area contributed by atoms with E-state index in [9.17, 15) is 14.4 Å². The highest BCUT2D eigenvalue weighted by Crippen LogP contribution is 2.14.